The summed E-state index contributed by atoms with van der Waals surface area (Å²) in [5, 5.41) is 1.33. The maximum Gasteiger partial charge on any atom is 0.122 e. The molecule has 0 N–H and O–H groups in total. The van der Waals surface area contributed by atoms with Crippen LogP contribution in [0.15, 0.2) is 54.6 Å². The predicted octanol–water partition coefficient (Wildman–Crippen LogP) is 4.92. The summed E-state index contributed by atoms with van der Waals surface area (Å²) in [6.07, 6.45) is 0.934. The number of hydrogen-bond acceptors (Lipinski definition) is 2. The van der Waals surface area contributed by atoms with E-state index in [0.717, 1.165) is 12.2 Å². The summed E-state index contributed by atoms with van der Waals surface area (Å²) in [5.74, 6) is 0.968. The van der Waals surface area contributed by atoms with Crippen molar-refractivity contribution >= 4 is 33.8 Å². The Morgan fingerprint density at radius 3 is 2.53 bits per heavy atom. The van der Waals surface area contributed by atoms with E-state index < -0.39 is 0 Å². The maximum atomic E-state index is 5.40. The van der Waals surface area contributed by atoms with Crippen molar-refractivity contribution in [3.05, 3.63) is 65.0 Å². The highest BCUT2D eigenvalue weighted by atomic mass is 35.5. The molecule has 0 saturated carbocycles. The second-order valence-corrected chi connectivity index (χ2v) is 5.41. The highest BCUT2D eigenvalue weighted by Gasteiger charge is 2.06. The van der Waals surface area contributed by atoms with Crippen LogP contribution in [0.25, 0.3) is 10.1 Å². The third-order valence-corrected chi connectivity index (χ3v) is 4.15. The van der Waals surface area contributed by atoms with E-state index in [1.54, 1.807) is 7.11 Å². The molecule has 19 heavy (non-hydrogen) atoms. The van der Waals surface area contributed by atoms with Crippen LogP contribution in [0.4, 0.5) is 0 Å². The van der Waals surface area contributed by atoms with Gasteiger partial charge in [0.2, 0.25) is 0 Å². The molecule has 1 heterocycles. The van der Waals surface area contributed by atoms with Crippen LogP contribution in [0.3, 0.4) is 0 Å². The van der Waals surface area contributed by atoms with Crippen LogP contribution in [0.2, 0.25) is 0 Å². The quantitative estimate of drug-likeness (QED) is 0.665. The van der Waals surface area contributed by atoms with Crippen LogP contribution in [0, 0.1) is 0 Å². The molecule has 0 spiro atoms. The third kappa shape index (κ3) is 2.91. The predicted molar refractivity (Wildman–Crippen MR) is 84.9 cm³/mol. The highest BCUT2D eigenvalue weighted by molar-refractivity contribution is 7.19. The van der Waals surface area contributed by atoms with Crippen molar-refractivity contribution in [2.45, 2.75) is 6.42 Å². The number of benzene rings is 2. The molecule has 0 bridgehead atoms. The molecule has 3 heteroatoms. The van der Waals surface area contributed by atoms with Crippen molar-refractivity contribution in [2.75, 3.05) is 7.11 Å². The van der Waals surface area contributed by atoms with Crippen LogP contribution in [-0.4, -0.2) is 7.11 Å². The third-order valence-electron chi connectivity index (χ3n) is 3.03. The fourth-order valence-corrected chi connectivity index (χ4v) is 3.25. The lowest BCUT2D eigenvalue weighted by molar-refractivity contribution is 0.410. The Balaban J connectivity index is 0.00000133. The lowest BCUT2D eigenvalue weighted by atomic mass is 10.1. The van der Waals surface area contributed by atoms with Crippen molar-refractivity contribution in [3.8, 4) is 5.75 Å². The van der Waals surface area contributed by atoms with Gasteiger partial charge in [0, 0.05) is 16.0 Å². The summed E-state index contributed by atoms with van der Waals surface area (Å²) < 4.78 is 6.75. The molecule has 0 amide bonds. The zero-order valence-corrected chi connectivity index (χ0v) is 12.3. The number of fused-ring (bicyclic) bond motifs is 1. The van der Waals surface area contributed by atoms with Gasteiger partial charge in [-0.25, -0.2) is 0 Å². The minimum absolute atomic E-state index is 0. The zero-order valence-electron chi connectivity index (χ0n) is 10.6. The molecule has 98 valence electrons. The van der Waals surface area contributed by atoms with Crippen LogP contribution < -0.4 is 4.74 Å². The number of ether oxygens (including phenoxy) is 1. The minimum Gasteiger partial charge on any atom is -0.496 e. The van der Waals surface area contributed by atoms with Gasteiger partial charge < -0.3 is 4.74 Å². The first-order chi connectivity index (χ1) is 8.86. The van der Waals surface area contributed by atoms with E-state index >= 15 is 0 Å². The molecule has 0 saturated heterocycles. The number of methoxy groups -OCH3 is 1. The smallest absolute Gasteiger partial charge is 0.122 e. The number of thiophene rings is 1. The summed E-state index contributed by atoms with van der Waals surface area (Å²) in [4.78, 5) is 1.38. The lowest BCUT2D eigenvalue weighted by Crippen LogP contribution is -1.91. The normalized spacial score (nSPS) is 10.2. The molecular formula is C16H15ClOS. The van der Waals surface area contributed by atoms with Gasteiger partial charge in [-0.2, -0.15) is 0 Å². The first-order valence-electron chi connectivity index (χ1n) is 5.96. The molecular weight excluding hydrogens is 276 g/mol. The SMILES string of the molecule is COc1ccccc1Cc1cc2ccccc2s1.Cl. The van der Waals surface area contributed by atoms with Gasteiger partial charge in [-0.05, 0) is 29.1 Å². The molecule has 0 aliphatic heterocycles. The van der Waals surface area contributed by atoms with E-state index in [9.17, 15) is 0 Å². The summed E-state index contributed by atoms with van der Waals surface area (Å²) >= 11 is 1.86. The topological polar surface area (TPSA) is 9.23 Å². The number of hydrogen-bond donors (Lipinski definition) is 0. The monoisotopic (exact) mass is 290 g/mol. The summed E-state index contributed by atoms with van der Waals surface area (Å²) in [6, 6.07) is 19.0. The van der Waals surface area contributed by atoms with Crippen molar-refractivity contribution in [1.82, 2.24) is 0 Å². The molecule has 0 unspecified atom stereocenters. The number of halogens is 1. The second-order valence-electron chi connectivity index (χ2n) is 4.24. The molecule has 0 fully saturated rings. The van der Waals surface area contributed by atoms with Crippen molar-refractivity contribution in [1.29, 1.82) is 0 Å². The van der Waals surface area contributed by atoms with E-state index in [1.165, 1.54) is 20.5 Å². The van der Waals surface area contributed by atoms with Gasteiger partial charge in [0.15, 0.2) is 0 Å². The second kappa shape index (κ2) is 6.09. The van der Waals surface area contributed by atoms with Crippen LogP contribution in [-0.2, 0) is 6.42 Å². The van der Waals surface area contributed by atoms with E-state index in [4.69, 9.17) is 4.74 Å². The van der Waals surface area contributed by atoms with Crippen molar-refractivity contribution < 1.29 is 4.74 Å². The van der Waals surface area contributed by atoms with E-state index in [1.807, 2.05) is 23.5 Å². The van der Waals surface area contributed by atoms with Crippen molar-refractivity contribution in [2.24, 2.45) is 0 Å². The fraction of sp³-hybridized carbons (Fsp3) is 0.125. The Morgan fingerprint density at radius 2 is 1.74 bits per heavy atom. The molecule has 0 atom stereocenters. The van der Waals surface area contributed by atoms with Gasteiger partial charge in [-0.15, -0.1) is 23.7 Å². The van der Waals surface area contributed by atoms with Crippen LogP contribution in [0.1, 0.15) is 10.4 Å². The molecule has 0 aliphatic rings. The fourth-order valence-electron chi connectivity index (χ4n) is 2.16. The first kappa shape index (κ1) is 13.9. The highest BCUT2D eigenvalue weighted by Crippen LogP contribution is 2.29. The van der Waals surface area contributed by atoms with Crippen LogP contribution >= 0.6 is 23.7 Å². The molecule has 3 rings (SSSR count). The molecule has 1 aromatic heterocycles. The average molecular weight is 291 g/mol. The Morgan fingerprint density at radius 1 is 1.00 bits per heavy atom. The summed E-state index contributed by atoms with van der Waals surface area (Å²) in [6.45, 7) is 0. The van der Waals surface area contributed by atoms with Gasteiger partial charge >= 0.3 is 0 Å². The van der Waals surface area contributed by atoms with Gasteiger partial charge in [-0.1, -0.05) is 36.4 Å². The lowest BCUT2D eigenvalue weighted by Gasteiger charge is -2.06. The summed E-state index contributed by atoms with van der Waals surface area (Å²) in [7, 11) is 1.73. The van der Waals surface area contributed by atoms with Crippen molar-refractivity contribution in [3.63, 3.8) is 0 Å². The largest absolute Gasteiger partial charge is 0.496 e. The van der Waals surface area contributed by atoms with E-state index in [-0.39, 0.29) is 12.4 Å². The Bertz CT molecular complexity index is 642. The Kier molecular flexibility index (Phi) is 4.46. The standard InChI is InChI=1S/C16H14OS.ClH/c1-17-15-8-4-2-6-12(15)10-14-11-13-7-3-5-9-16(13)18-14;/h2-9,11H,10H2,1H3;1H. The number of rotatable bonds is 3. The van der Waals surface area contributed by atoms with Gasteiger partial charge in [0.1, 0.15) is 5.75 Å². The van der Waals surface area contributed by atoms with Gasteiger partial charge in [-0.3, -0.25) is 0 Å². The molecule has 3 aromatic rings. The van der Waals surface area contributed by atoms with Crippen LogP contribution in [0.5, 0.6) is 5.75 Å². The minimum atomic E-state index is 0. The Labute approximate surface area is 123 Å². The van der Waals surface area contributed by atoms with E-state index in [0.29, 0.717) is 0 Å². The summed E-state index contributed by atoms with van der Waals surface area (Å²) in [5.41, 5.74) is 1.24. The molecule has 0 aliphatic carbocycles. The average Bonchev–Trinajstić information content (AvgIpc) is 2.81. The first-order valence-corrected chi connectivity index (χ1v) is 6.78. The van der Waals surface area contributed by atoms with Gasteiger partial charge in [0.25, 0.3) is 0 Å². The molecule has 1 nitrogen and oxygen atoms in total. The number of para-hydroxylation sites is 1. The van der Waals surface area contributed by atoms with E-state index in [2.05, 4.69) is 42.5 Å². The molecule has 0 radical (unpaired) electrons. The maximum absolute atomic E-state index is 5.40. The Hall–Kier alpha value is -1.51. The zero-order chi connectivity index (χ0) is 12.4. The molecule has 2 aromatic carbocycles. The van der Waals surface area contributed by atoms with Gasteiger partial charge in [0.05, 0.1) is 7.11 Å².